The summed E-state index contributed by atoms with van der Waals surface area (Å²) in [6, 6.07) is 15.4. The van der Waals surface area contributed by atoms with Crippen LogP contribution in [0.4, 0.5) is 0 Å². The predicted molar refractivity (Wildman–Crippen MR) is 189 cm³/mol. The van der Waals surface area contributed by atoms with Crippen LogP contribution in [0, 0.1) is 0 Å². The number of aliphatic hydroxyl groups excluding tert-OH is 10. The minimum Gasteiger partial charge on any atom is -0.508 e. The first-order chi connectivity index (χ1) is 25.5. The highest BCUT2D eigenvalue weighted by Crippen LogP contribution is 2.28. The van der Waals surface area contributed by atoms with Gasteiger partial charge in [-0.1, -0.05) is 49.2 Å². The number of rotatable bonds is 20. The van der Waals surface area contributed by atoms with Crippen LogP contribution in [0.25, 0.3) is 0 Å². The van der Waals surface area contributed by atoms with E-state index in [0.29, 0.717) is 17.7 Å². The molecule has 2 heterocycles. The van der Waals surface area contributed by atoms with Crippen molar-refractivity contribution in [2.45, 2.75) is 119 Å². The van der Waals surface area contributed by atoms with Gasteiger partial charge in [0, 0.05) is 25.3 Å². The summed E-state index contributed by atoms with van der Waals surface area (Å²) in [6.45, 7) is 1.43. The molecule has 2 aromatic rings. The van der Waals surface area contributed by atoms with Crippen molar-refractivity contribution in [3.63, 3.8) is 0 Å². The topological polar surface area (TPSA) is 271 Å². The monoisotopic (exact) mass is 757 g/mol. The van der Waals surface area contributed by atoms with Gasteiger partial charge in [0.15, 0.2) is 12.6 Å². The Morgan fingerprint density at radius 3 is 2.06 bits per heavy atom. The van der Waals surface area contributed by atoms with Crippen molar-refractivity contribution in [2.75, 3.05) is 39.5 Å². The average Bonchev–Trinajstić information content (AvgIpc) is 3.17. The van der Waals surface area contributed by atoms with Crippen LogP contribution >= 0.6 is 0 Å². The number of aromatic hydroxyl groups is 1. The van der Waals surface area contributed by atoms with E-state index in [1.165, 1.54) is 18.1 Å². The van der Waals surface area contributed by atoms with Crippen LogP contribution in [0.3, 0.4) is 0 Å². The Morgan fingerprint density at radius 2 is 1.38 bits per heavy atom. The maximum absolute atomic E-state index is 10.2. The molecule has 1 unspecified atom stereocenters. The zero-order chi connectivity index (χ0) is 38.8. The fraction of sp³-hybridized carbons (Fsp3) is 0.676. The van der Waals surface area contributed by atoms with Gasteiger partial charge < -0.3 is 80.4 Å². The van der Waals surface area contributed by atoms with E-state index in [1.54, 1.807) is 12.1 Å². The van der Waals surface area contributed by atoms with Crippen molar-refractivity contribution in [2.24, 2.45) is 0 Å². The number of nitrogens with one attached hydrogen (secondary N) is 1. The summed E-state index contributed by atoms with van der Waals surface area (Å²) in [5, 5.41) is 109. The lowest BCUT2D eigenvalue weighted by Crippen LogP contribution is -2.64. The highest BCUT2D eigenvalue weighted by atomic mass is 16.7. The average molecular weight is 758 g/mol. The lowest BCUT2D eigenvalue weighted by Gasteiger charge is -2.45. The summed E-state index contributed by atoms with van der Waals surface area (Å²) in [4.78, 5) is 0. The molecule has 0 radical (unpaired) electrons. The lowest BCUT2D eigenvalue weighted by molar-refractivity contribution is -0.355. The van der Waals surface area contributed by atoms with Gasteiger partial charge in [0.25, 0.3) is 0 Å². The minimum absolute atomic E-state index is 0.0533. The molecule has 53 heavy (non-hydrogen) atoms. The second-order valence-corrected chi connectivity index (χ2v) is 13.3. The van der Waals surface area contributed by atoms with E-state index in [-0.39, 0.29) is 12.4 Å². The molecule has 4 rings (SSSR count). The molecule has 302 valence electrons. The number of ether oxygens (including phenoxy) is 4. The molecule has 0 spiro atoms. The number of unbranched alkanes of at least 4 members (excludes halogenated alkanes) is 4. The van der Waals surface area contributed by atoms with Crippen LogP contribution in [-0.4, -0.2) is 157 Å². The Morgan fingerprint density at radius 1 is 0.698 bits per heavy atom. The summed E-state index contributed by atoms with van der Waals surface area (Å²) in [7, 11) is 0. The molecule has 0 bridgehead atoms. The molecule has 0 aliphatic carbocycles. The summed E-state index contributed by atoms with van der Waals surface area (Å²) in [6.07, 6.45) is -8.33. The van der Waals surface area contributed by atoms with E-state index in [4.69, 9.17) is 24.1 Å². The quantitative estimate of drug-likeness (QED) is 0.0701. The summed E-state index contributed by atoms with van der Waals surface area (Å²) < 4.78 is 21.0. The third kappa shape index (κ3) is 14.3. The smallest absolute Gasteiger partial charge is 0.187 e. The first-order valence-corrected chi connectivity index (χ1v) is 18.2. The van der Waals surface area contributed by atoms with E-state index in [1.807, 2.05) is 0 Å². The molecule has 2 saturated heterocycles. The Balaban J connectivity index is 0.000000295. The Bertz CT molecular complexity index is 1260. The highest BCUT2D eigenvalue weighted by Gasteiger charge is 2.50. The van der Waals surface area contributed by atoms with Crippen LogP contribution in [-0.2, 0) is 32.0 Å². The standard InChI is InChI=1S/C25H37NO4.C12H22O11/c27-20-23-18-22(13-14-24(23)28)25(29)19-26-15-7-1-2-8-16-30-17-9-6-12-21-10-4-3-5-11-21;13-1-3-5(15)6(16)9(19)12(22-3)23-10-4(2-14)21-11(20)8(18)7(10)17/h3-5,10-11,13-14,18,25-29H,1-2,6-9,12,15-17,19-20H2;3-20H,1-2H2/t;3-,4-,5+,6+,7-,8-,9-,10-,11-,12+/m.1/s1. The van der Waals surface area contributed by atoms with Crippen molar-refractivity contribution < 1.29 is 75.1 Å². The molecule has 16 nitrogen and oxygen atoms in total. The molecule has 12 N–H and O–H groups in total. The van der Waals surface area contributed by atoms with Gasteiger partial charge >= 0.3 is 0 Å². The first kappa shape index (κ1) is 45.0. The zero-order valence-corrected chi connectivity index (χ0v) is 29.9. The van der Waals surface area contributed by atoms with E-state index in [9.17, 15) is 51.1 Å². The number of hydrogen-bond acceptors (Lipinski definition) is 16. The van der Waals surface area contributed by atoms with Gasteiger partial charge in [-0.2, -0.15) is 0 Å². The van der Waals surface area contributed by atoms with Crippen molar-refractivity contribution >= 4 is 0 Å². The van der Waals surface area contributed by atoms with Crippen molar-refractivity contribution in [1.82, 2.24) is 5.32 Å². The molecule has 0 amide bonds. The van der Waals surface area contributed by atoms with Crippen molar-refractivity contribution in [3.05, 3.63) is 65.2 Å². The summed E-state index contributed by atoms with van der Waals surface area (Å²) >= 11 is 0. The van der Waals surface area contributed by atoms with Gasteiger partial charge in [-0.25, -0.2) is 0 Å². The minimum atomic E-state index is -1.74. The first-order valence-electron chi connectivity index (χ1n) is 18.2. The summed E-state index contributed by atoms with van der Waals surface area (Å²) in [5.41, 5.74) is 2.53. The predicted octanol–water partition coefficient (Wildman–Crippen LogP) is -1.29. The van der Waals surface area contributed by atoms with Gasteiger partial charge in [0.2, 0.25) is 0 Å². The SMILES string of the molecule is OC[C@H]1O[C@@H](O[C@H]2[C@H](O)[C@@H](O)[C@H](O)O[C@@H]2CO)[C@H](O)[C@@H](O)[C@H]1O.OCc1cc(C(O)CNCCCCCCOCCCCc2ccccc2)ccc1O. The van der Waals surface area contributed by atoms with Crippen molar-refractivity contribution in [1.29, 1.82) is 0 Å². The number of hydrogen-bond donors (Lipinski definition) is 12. The van der Waals surface area contributed by atoms with Gasteiger partial charge in [-0.05, 0) is 61.9 Å². The number of phenols is 1. The van der Waals surface area contributed by atoms with Gasteiger partial charge in [0.1, 0.15) is 54.6 Å². The Hall–Kier alpha value is -2.36. The van der Waals surface area contributed by atoms with E-state index in [0.717, 1.165) is 58.3 Å². The van der Waals surface area contributed by atoms with Gasteiger partial charge in [-0.3, -0.25) is 0 Å². The molecule has 2 aliphatic rings. The molecule has 11 atom stereocenters. The summed E-state index contributed by atoms with van der Waals surface area (Å²) in [5.74, 6) is 0.0533. The van der Waals surface area contributed by atoms with E-state index in [2.05, 4.69) is 35.6 Å². The maximum atomic E-state index is 10.2. The Labute approximate surface area is 309 Å². The van der Waals surface area contributed by atoms with Crippen LogP contribution < -0.4 is 5.32 Å². The molecular weight excluding hydrogens is 698 g/mol. The number of aliphatic hydroxyl groups is 10. The number of benzene rings is 2. The fourth-order valence-corrected chi connectivity index (χ4v) is 5.95. The van der Waals surface area contributed by atoms with Crippen LogP contribution in [0.15, 0.2) is 48.5 Å². The van der Waals surface area contributed by atoms with Crippen LogP contribution in [0.5, 0.6) is 5.75 Å². The molecule has 16 heteroatoms. The highest BCUT2D eigenvalue weighted by molar-refractivity contribution is 5.36. The maximum Gasteiger partial charge on any atom is 0.187 e. The van der Waals surface area contributed by atoms with E-state index >= 15 is 0 Å². The second kappa shape index (κ2) is 24.2. The molecule has 2 aromatic carbocycles. The molecule has 0 aromatic heterocycles. The molecule has 0 saturated carbocycles. The van der Waals surface area contributed by atoms with E-state index < -0.39 is 80.7 Å². The Kier molecular flexibility index (Phi) is 20.6. The normalized spacial score (nSPS) is 29.3. The largest absolute Gasteiger partial charge is 0.508 e. The van der Waals surface area contributed by atoms with Crippen LogP contribution in [0.1, 0.15) is 61.3 Å². The third-order valence-corrected chi connectivity index (χ3v) is 9.21. The molecule has 2 aliphatic heterocycles. The number of aryl methyl sites for hydroxylation is 1. The van der Waals surface area contributed by atoms with Crippen LogP contribution in [0.2, 0.25) is 0 Å². The second-order valence-electron chi connectivity index (χ2n) is 13.3. The fourth-order valence-electron chi connectivity index (χ4n) is 5.95. The lowest BCUT2D eigenvalue weighted by atomic mass is 9.97. The van der Waals surface area contributed by atoms with Crippen molar-refractivity contribution in [3.8, 4) is 5.75 Å². The third-order valence-electron chi connectivity index (χ3n) is 9.21. The molecular formula is C37H59NO15. The van der Waals surface area contributed by atoms with Gasteiger partial charge in [0.05, 0.1) is 25.9 Å². The zero-order valence-electron chi connectivity index (χ0n) is 29.9. The van der Waals surface area contributed by atoms with Gasteiger partial charge in [-0.15, -0.1) is 0 Å². The molecule has 2 fully saturated rings.